The van der Waals surface area contributed by atoms with Crippen molar-refractivity contribution in [3.63, 3.8) is 0 Å². The number of amides is 1. The summed E-state index contributed by atoms with van der Waals surface area (Å²) in [5, 5.41) is 5.54. The van der Waals surface area contributed by atoms with Crippen LogP contribution in [0.25, 0.3) is 22.0 Å². The van der Waals surface area contributed by atoms with E-state index < -0.39 is 0 Å². The van der Waals surface area contributed by atoms with Gasteiger partial charge >= 0.3 is 0 Å². The molecule has 0 unspecified atom stereocenters. The Bertz CT molecular complexity index is 1360. The summed E-state index contributed by atoms with van der Waals surface area (Å²) in [5.74, 6) is 1.80. The fourth-order valence-electron chi connectivity index (χ4n) is 4.72. The molecule has 7 nitrogen and oxygen atoms in total. The number of carbonyl (C=O) groups is 1. The Morgan fingerprint density at radius 3 is 2.63 bits per heavy atom. The number of piperidine rings is 1. The fourth-order valence-corrected chi connectivity index (χ4v) is 4.72. The van der Waals surface area contributed by atoms with Gasteiger partial charge in [-0.25, -0.2) is 9.97 Å². The van der Waals surface area contributed by atoms with Crippen LogP contribution in [0.5, 0.6) is 0 Å². The summed E-state index contributed by atoms with van der Waals surface area (Å²) < 4.78 is 0. The maximum absolute atomic E-state index is 11.5. The summed E-state index contributed by atoms with van der Waals surface area (Å²) in [5.41, 5.74) is 9.10. The minimum atomic E-state index is -0.377. The van der Waals surface area contributed by atoms with E-state index in [-0.39, 0.29) is 5.91 Å². The van der Waals surface area contributed by atoms with Crippen molar-refractivity contribution >= 4 is 28.3 Å². The van der Waals surface area contributed by atoms with Crippen LogP contribution in [0.3, 0.4) is 0 Å². The number of hydrogen-bond donors (Lipinski definition) is 2. The predicted molar refractivity (Wildman–Crippen MR) is 141 cm³/mol. The van der Waals surface area contributed by atoms with Gasteiger partial charge in [0.2, 0.25) is 5.91 Å². The molecule has 1 saturated heterocycles. The maximum Gasteiger partial charge on any atom is 0.248 e. The van der Waals surface area contributed by atoms with Gasteiger partial charge in [-0.3, -0.25) is 9.78 Å². The van der Waals surface area contributed by atoms with Gasteiger partial charge in [-0.15, -0.1) is 0 Å². The third-order valence-corrected chi connectivity index (χ3v) is 6.54. The molecule has 0 saturated carbocycles. The fraction of sp³-hybridized carbons (Fsp3) is 0.286. The van der Waals surface area contributed by atoms with Gasteiger partial charge in [-0.2, -0.15) is 0 Å². The first-order valence-corrected chi connectivity index (χ1v) is 12.1. The molecular weight excluding hydrogens is 436 g/mol. The summed E-state index contributed by atoms with van der Waals surface area (Å²) in [6.45, 7) is 6.00. The van der Waals surface area contributed by atoms with Crippen LogP contribution >= 0.6 is 0 Å². The number of primary amides is 1. The number of aromatic nitrogens is 3. The number of rotatable bonds is 6. The number of nitrogens with zero attached hydrogens (tertiary/aromatic N) is 4. The lowest BCUT2D eigenvalue weighted by atomic mass is 9.88. The monoisotopic (exact) mass is 466 g/mol. The molecule has 0 atom stereocenters. The molecule has 0 radical (unpaired) electrons. The number of carbonyl (C=O) groups excluding carboxylic acids is 1. The number of anilines is 2. The highest BCUT2D eigenvalue weighted by atomic mass is 16.1. The second-order valence-electron chi connectivity index (χ2n) is 9.44. The number of nitrogens with one attached hydrogen (secondary N) is 1. The highest BCUT2D eigenvalue weighted by Crippen LogP contribution is 2.32. The molecular formula is C28H30N6O. The van der Waals surface area contributed by atoms with Gasteiger partial charge in [0, 0.05) is 41.8 Å². The molecule has 4 aromatic rings. The van der Waals surface area contributed by atoms with Gasteiger partial charge in [0.25, 0.3) is 0 Å². The van der Waals surface area contributed by atoms with Crippen LogP contribution in [0.4, 0.5) is 11.6 Å². The zero-order chi connectivity index (χ0) is 24.4. The van der Waals surface area contributed by atoms with Gasteiger partial charge in [-0.05, 0) is 67.8 Å². The van der Waals surface area contributed by atoms with Gasteiger partial charge in [0.05, 0.1) is 18.1 Å². The number of hydrogen-bond acceptors (Lipinski definition) is 6. The van der Waals surface area contributed by atoms with Crippen molar-refractivity contribution in [3.05, 3.63) is 78.2 Å². The van der Waals surface area contributed by atoms with Crippen LogP contribution in [0.2, 0.25) is 0 Å². The van der Waals surface area contributed by atoms with Crippen molar-refractivity contribution in [2.24, 2.45) is 5.73 Å². The minimum Gasteiger partial charge on any atom is -0.367 e. The quantitative estimate of drug-likeness (QED) is 0.415. The maximum atomic E-state index is 11.5. The van der Waals surface area contributed by atoms with E-state index in [1.165, 1.54) is 5.56 Å². The summed E-state index contributed by atoms with van der Waals surface area (Å²) in [6.07, 6.45) is 7.51. The Labute approximate surface area is 205 Å². The zero-order valence-corrected chi connectivity index (χ0v) is 20.1. The number of pyridine rings is 1. The molecule has 1 amide bonds. The van der Waals surface area contributed by atoms with Gasteiger partial charge < -0.3 is 16.0 Å². The van der Waals surface area contributed by atoms with E-state index in [1.54, 1.807) is 18.5 Å². The van der Waals surface area contributed by atoms with Crippen molar-refractivity contribution in [1.29, 1.82) is 0 Å². The molecule has 1 aliphatic rings. The molecule has 2 aromatic heterocycles. The number of benzene rings is 2. The van der Waals surface area contributed by atoms with Crippen LogP contribution in [0.1, 0.15) is 48.5 Å². The number of nitrogens with two attached hydrogens (primary N) is 1. The van der Waals surface area contributed by atoms with Crippen LogP contribution in [0, 0.1) is 0 Å². The summed E-state index contributed by atoms with van der Waals surface area (Å²) in [4.78, 5) is 27.7. The van der Waals surface area contributed by atoms with E-state index in [0.717, 1.165) is 59.6 Å². The largest absolute Gasteiger partial charge is 0.367 e. The van der Waals surface area contributed by atoms with E-state index >= 15 is 0 Å². The van der Waals surface area contributed by atoms with Crippen molar-refractivity contribution in [2.75, 3.05) is 23.3 Å². The molecule has 0 bridgehead atoms. The lowest BCUT2D eigenvalue weighted by molar-refractivity contribution is 0.1000. The number of fused-ring (bicyclic) bond motifs is 1. The third kappa shape index (κ3) is 5.09. The molecule has 35 heavy (non-hydrogen) atoms. The molecule has 0 spiro atoms. The normalized spacial score (nSPS) is 14.4. The summed E-state index contributed by atoms with van der Waals surface area (Å²) in [7, 11) is 0. The molecule has 3 heterocycles. The second-order valence-corrected chi connectivity index (χ2v) is 9.44. The standard InChI is InChI=1S/C28H30N6O/c1-18(2)32-26-17-30-16-25(33-26)21-6-7-23-15-31-27(14-24(23)13-21)34-10-8-19(9-11-34)20-4-3-5-22(12-20)28(29)35/h3-7,12-19H,8-11H2,1-2H3,(H2,29,35)(H,32,33). The topological polar surface area (TPSA) is 97.0 Å². The van der Waals surface area contributed by atoms with Gasteiger partial charge in [0.1, 0.15) is 11.6 Å². The van der Waals surface area contributed by atoms with Crippen LogP contribution < -0.4 is 16.0 Å². The first-order valence-electron chi connectivity index (χ1n) is 12.1. The second kappa shape index (κ2) is 9.70. The highest BCUT2D eigenvalue weighted by Gasteiger charge is 2.22. The highest BCUT2D eigenvalue weighted by molar-refractivity contribution is 5.93. The Balaban J connectivity index is 1.34. The third-order valence-electron chi connectivity index (χ3n) is 6.54. The zero-order valence-electron chi connectivity index (χ0n) is 20.1. The van der Waals surface area contributed by atoms with Crippen LogP contribution in [-0.2, 0) is 0 Å². The lowest BCUT2D eigenvalue weighted by Crippen LogP contribution is -2.33. The van der Waals surface area contributed by atoms with E-state index in [2.05, 4.69) is 59.4 Å². The average molecular weight is 467 g/mol. The molecule has 1 aliphatic heterocycles. The Morgan fingerprint density at radius 1 is 1.03 bits per heavy atom. The van der Waals surface area contributed by atoms with E-state index in [9.17, 15) is 4.79 Å². The van der Waals surface area contributed by atoms with Crippen LogP contribution in [0.15, 0.2) is 67.1 Å². The molecule has 0 aliphatic carbocycles. The van der Waals surface area contributed by atoms with Crippen molar-refractivity contribution in [2.45, 2.75) is 38.6 Å². The molecule has 2 aromatic carbocycles. The minimum absolute atomic E-state index is 0.293. The molecule has 5 rings (SSSR count). The van der Waals surface area contributed by atoms with Crippen LogP contribution in [-0.4, -0.2) is 40.0 Å². The first-order chi connectivity index (χ1) is 17.0. The van der Waals surface area contributed by atoms with E-state index in [1.807, 2.05) is 18.3 Å². The molecule has 178 valence electrons. The average Bonchev–Trinajstić information content (AvgIpc) is 2.88. The molecule has 3 N–H and O–H groups in total. The van der Waals surface area contributed by atoms with Crippen molar-refractivity contribution < 1.29 is 4.79 Å². The van der Waals surface area contributed by atoms with Gasteiger partial charge in [-0.1, -0.05) is 24.3 Å². The molecule has 1 fully saturated rings. The van der Waals surface area contributed by atoms with Crippen molar-refractivity contribution in [3.8, 4) is 11.3 Å². The predicted octanol–water partition coefficient (Wildman–Crippen LogP) is 5.00. The van der Waals surface area contributed by atoms with E-state index in [0.29, 0.717) is 17.5 Å². The summed E-state index contributed by atoms with van der Waals surface area (Å²) >= 11 is 0. The van der Waals surface area contributed by atoms with Crippen molar-refractivity contribution in [1.82, 2.24) is 15.0 Å². The lowest BCUT2D eigenvalue weighted by Gasteiger charge is -2.33. The van der Waals surface area contributed by atoms with Gasteiger partial charge in [0.15, 0.2) is 0 Å². The first kappa shape index (κ1) is 22.8. The summed E-state index contributed by atoms with van der Waals surface area (Å²) in [6, 6.07) is 16.5. The Hall–Kier alpha value is -4.00. The smallest absolute Gasteiger partial charge is 0.248 e. The SMILES string of the molecule is CC(C)Nc1cncc(-c2ccc3cnc(N4CCC(c5cccc(C(N)=O)c5)CC4)cc3c2)n1. The molecule has 7 heteroatoms. The van der Waals surface area contributed by atoms with E-state index in [4.69, 9.17) is 15.7 Å². The Morgan fingerprint density at radius 2 is 1.86 bits per heavy atom. The Kier molecular flexibility index (Phi) is 6.31.